The van der Waals surface area contributed by atoms with Gasteiger partial charge in [-0.15, -0.1) is 0 Å². The Morgan fingerprint density at radius 2 is 1.94 bits per heavy atom. The van der Waals surface area contributed by atoms with E-state index in [2.05, 4.69) is 51.1 Å². The van der Waals surface area contributed by atoms with E-state index in [-0.39, 0.29) is 0 Å². The smallest absolute Gasteiger partial charge is 0.0441 e. The Bertz CT molecular complexity index is 456. The van der Waals surface area contributed by atoms with Gasteiger partial charge in [-0.2, -0.15) is 0 Å². The predicted octanol–water partition coefficient (Wildman–Crippen LogP) is 3.48. The highest BCUT2D eigenvalue weighted by molar-refractivity contribution is 9.10. The van der Waals surface area contributed by atoms with Crippen LogP contribution in [0.4, 0.5) is 5.69 Å². The van der Waals surface area contributed by atoms with Crippen molar-refractivity contribution in [2.75, 3.05) is 11.9 Å². The number of para-hydroxylation sites is 1. The van der Waals surface area contributed by atoms with Crippen LogP contribution in [-0.2, 0) is 6.54 Å². The van der Waals surface area contributed by atoms with Gasteiger partial charge in [-0.3, -0.25) is 4.98 Å². The van der Waals surface area contributed by atoms with Gasteiger partial charge in [0.15, 0.2) is 0 Å². The van der Waals surface area contributed by atoms with Gasteiger partial charge >= 0.3 is 0 Å². The van der Waals surface area contributed by atoms with Crippen molar-refractivity contribution in [3.63, 3.8) is 0 Å². The number of rotatable bonds is 3. The molecule has 0 aliphatic carbocycles. The molecule has 82 valence electrons. The van der Waals surface area contributed by atoms with Gasteiger partial charge in [-0.1, -0.05) is 18.2 Å². The molecule has 1 aromatic carbocycles. The molecule has 1 heterocycles. The molecule has 0 aliphatic heterocycles. The van der Waals surface area contributed by atoms with E-state index < -0.39 is 0 Å². The van der Waals surface area contributed by atoms with Crippen molar-refractivity contribution < 1.29 is 0 Å². The SMILES string of the molecule is CN(Cc1cncc(Br)c1)c1ccccc1. The second kappa shape index (κ2) is 5.12. The van der Waals surface area contributed by atoms with Crippen LogP contribution in [0.3, 0.4) is 0 Å². The van der Waals surface area contributed by atoms with Crippen LogP contribution in [0.25, 0.3) is 0 Å². The highest BCUT2D eigenvalue weighted by Crippen LogP contribution is 2.16. The minimum absolute atomic E-state index is 0.858. The molecule has 0 N–H and O–H groups in total. The summed E-state index contributed by atoms with van der Waals surface area (Å²) in [5, 5.41) is 0. The summed E-state index contributed by atoms with van der Waals surface area (Å²) < 4.78 is 1.02. The first-order chi connectivity index (χ1) is 7.75. The van der Waals surface area contributed by atoms with Crippen LogP contribution in [0, 0.1) is 0 Å². The molecule has 0 aliphatic rings. The molecule has 1 aromatic heterocycles. The summed E-state index contributed by atoms with van der Waals surface area (Å²) in [7, 11) is 2.08. The number of benzene rings is 1. The highest BCUT2D eigenvalue weighted by Gasteiger charge is 2.01. The molecule has 3 heteroatoms. The molecule has 2 aromatic rings. The van der Waals surface area contributed by atoms with E-state index in [9.17, 15) is 0 Å². The number of pyridine rings is 1. The second-order valence-corrected chi connectivity index (χ2v) is 4.62. The second-order valence-electron chi connectivity index (χ2n) is 3.70. The first-order valence-corrected chi connectivity index (χ1v) is 5.90. The standard InChI is InChI=1S/C13H13BrN2/c1-16(13-5-3-2-4-6-13)10-11-7-12(14)9-15-8-11/h2-9H,10H2,1H3. The molecule has 0 atom stereocenters. The Hall–Kier alpha value is -1.35. The number of nitrogens with zero attached hydrogens (tertiary/aromatic N) is 2. The van der Waals surface area contributed by atoms with Crippen molar-refractivity contribution in [1.82, 2.24) is 4.98 Å². The maximum atomic E-state index is 4.16. The Labute approximate surface area is 104 Å². The molecule has 0 unspecified atom stereocenters. The van der Waals surface area contributed by atoms with E-state index in [4.69, 9.17) is 0 Å². The highest BCUT2D eigenvalue weighted by atomic mass is 79.9. The van der Waals surface area contributed by atoms with Crippen LogP contribution < -0.4 is 4.90 Å². The van der Waals surface area contributed by atoms with E-state index in [1.165, 1.54) is 11.3 Å². The zero-order chi connectivity index (χ0) is 11.4. The molecule has 0 fully saturated rings. The van der Waals surface area contributed by atoms with Crippen LogP contribution in [0.2, 0.25) is 0 Å². The lowest BCUT2D eigenvalue weighted by molar-refractivity contribution is 0.914. The van der Waals surface area contributed by atoms with Gasteiger partial charge in [-0.05, 0) is 39.7 Å². The van der Waals surface area contributed by atoms with Crippen molar-refractivity contribution in [1.29, 1.82) is 0 Å². The predicted molar refractivity (Wildman–Crippen MR) is 70.5 cm³/mol. The van der Waals surface area contributed by atoms with Crippen LogP contribution in [0.5, 0.6) is 0 Å². The normalized spacial score (nSPS) is 10.1. The average molecular weight is 277 g/mol. The lowest BCUT2D eigenvalue weighted by Gasteiger charge is -2.19. The number of anilines is 1. The van der Waals surface area contributed by atoms with Crippen LogP contribution >= 0.6 is 15.9 Å². The van der Waals surface area contributed by atoms with Crippen molar-refractivity contribution in [2.45, 2.75) is 6.54 Å². The quantitative estimate of drug-likeness (QED) is 0.853. The van der Waals surface area contributed by atoms with Gasteiger partial charge in [0, 0.05) is 36.1 Å². The summed E-state index contributed by atoms with van der Waals surface area (Å²) in [5.41, 5.74) is 2.41. The van der Waals surface area contributed by atoms with Crippen LogP contribution in [0.15, 0.2) is 53.3 Å². The molecule has 0 amide bonds. The summed E-state index contributed by atoms with van der Waals surface area (Å²) in [6, 6.07) is 12.4. The fraction of sp³-hybridized carbons (Fsp3) is 0.154. The van der Waals surface area contributed by atoms with E-state index >= 15 is 0 Å². The fourth-order valence-corrected chi connectivity index (χ4v) is 2.00. The molecule has 2 nitrogen and oxygen atoms in total. The Morgan fingerprint density at radius 1 is 1.19 bits per heavy atom. The summed E-state index contributed by atoms with van der Waals surface area (Å²) >= 11 is 3.43. The van der Waals surface area contributed by atoms with E-state index in [1.807, 2.05) is 24.4 Å². The maximum Gasteiger partial charge on any atom is 0.0441 e. The molecular formula is C13H13BrN2. The third-order valence-corrected chi connectivity index (χ3v) is 2.81. The third-order valence-electron chi connectivity index (χ3n) is 2.38. The van der Waals surface area contributed by atoms with Gasteiger partial charge < -0.3 is 4.90 Å². The van der Waals surface area contributed by atoms with E-state index in [1.54, 1.807) is 6.20 Å². The van der Waals surface area contributed by atoms with Crippen LogP contribution in [0.1, 0.15) is 5.56 Å². The van der Waals surface area contributed by atoms with Crippen molar-refractivity contribution in [3.8, 4) is 0 Å². The molecule has 0 radical (unpaired) electrons. The van der Waals surface area contributed by atoms with Gasteiger partial charge in [0.25, 0.3) is 0 Å². The zero-order valence-corrected chi connectivity index (χ0v) is 10.7. The third kappa shape index (κ3) is 2.83. The number of hydrogen-bond donors (Lipinski definition) is 0. The zero-order valence-electron chi connectivity index (χ0n) is 9.10. The lowest BCUT2D eigenvalue weighted by atomic mass is 10.2. The first-order valence-electron chi connectivity index (χ1n) is 5.11. The average Bonchev–Trinajstić information content (AvgIpc) is 2.30. The first kappa shape index (κ1) is 11.1. The van der Waals surface area contributed by atoms with Crippen molar-refractivity contribution >= 4 is 21.6 Å². The minimum Gasteiger partial charge on any atom is -0.370 e. The van der Waals surface area contributed by atoms with Crippen LogP contribution in [-0.4, -0.2) is 12.0 Å². The summed E-state index contributed by atoms with van der Waals surface area (Å²) in [6.07, 6.45) is 3.69. The molecule has 16 heavy (non-hydrogen) atoms. The minimum atomic E-state index is 0.858. The topological polar surface area (TPSA) is 16.1 Å². The molecule has 0 saturated heterocycles. The Morgan fingerprint density at radius 3 is 2.62 bits per heavy atom. The molecule has 2 rings (SSSR count). The Kier molecular flexibility index (Phi) is 3.57. The summed E-state index contributed by atoms with van der Waals surface area (Å²) in [4.78, 5) is 6.36. The van der Waals surface area contributed by atoms with Gasteiger partial charge in [0.2, 0.25) is 0 Å². The number of hydrogen-bond acceptors (Lipinski definition) is 2. The molecule has 0 spiro atoms. The fourth-order valence-electron chi connectivity index (χ4n) is 1.59. The van der Waals surface area contributed by atoms with Crippen molar-refractivity contribution in [2.24, 2.45) is 0 Å². The largest absolute Gasteiger partial charge is 0.370 e. The summed E-state index contributed by atoms with van der Waals surface area (Å²) in [6.45, 7) is 0.858. The monoisotopic (exact) mass is 276 g/mol. The molecule has 0 saturated carbocycles. The summed E-state index contributed by atoms with van der Waals surface area (Å²) in [5.74, 6) is 0. The van der Waals surface area contributed by atoms with E-state index in [0.29, 0.717) is 0 Å². The van der Waals surface area contributed by atoms with Gasteiger partial charge in [-0.25, -0.2) is 0 Å². The van der Waals surface area contributed by atoms with Crippen molar-refractivity contribution in [3.05, 3.63) is 58.8 Å². The van der Waals surface area contributed by atoms with E-state index in [0.717, 1.165) is 11.0 Å². The number of halogens is 1. The van der Waals surface area contributed by atoms with Gasteiger partial charge in [0.1, 0.15) is 0 Å². The Balaban J connectivity index is 2.11. The maximum absolute atomic E-state index is 4.16. The molecule has 0 bridgehead atoms. The van der Waals surface area contributed by atoms with Gasteiger partial charge in [0.05, 0.1) is 0 Å². The molecular weight excluding hydrogens is 264 g/mol. The number of aromatic nitrogens is 1. The lowest BCUT2D eigenvalue weighted by Crippen LogP contribution is -2.16.